The molecule has 0 amide bonds. The van der Waals surface area contributed by atoms with Gasteiger partial charge in [-0.1, -0.05) is 12.1 Å². The minimum Gasteiger partial charge on any atom is -0.373 e. The summed E-state index contributed by atoms with van der Waals surface area (Å²) in [6, 6.07) is 11.8. The van der Waals surface area contributed by atoms with E-state index < -0.39 is 6.23 Å². The van der Waals surface area contributed by atoms with Gasteiger partial charge in [-0.25, -0.2) is 4.98 Å². The van der Waals surface area contributed by atoms with Crippen molar-refractivity contribution in [2.45, 2.75) is 31.2 Å². The lowest BCUT2D eigenvalue weighted by molar-refractivity contribution is -0.0518. The molecule has 0 spiro atoms. The van der Waals surface area contributed by atoms with Crippen LogP contribution in [0.1, 0.15) is 36.7 Å². The van der Waals surface area contributed by atoms with Gasteiger partial charge in [0.15, 0.2) is 0 Å². The first kappa shape index (κ1) is 22.0. The van der Waals surface area contributed by atoms with Crippen molar-refractivity contribution >= 4 is 16.6 Å². The monoisotopic (exact) mass is 450 g/mol. The fourth-order valence-electron chi connectivity index (χ4n) is 4.81. The molecule has 0 radical (unpaired) electrons. The number of H-pyrrole nitrogens is 1. The van der Waals surface area contributed by atoms with E-state index in [0.29, 0.717) is 35.1 Å². The van der Waals surface area contributed by atoms with Crippen LogP contribution in [0.4, 0.5) is 5.69 Å². The number of nitrogens with zero attached hydrogens (tertiary/aromatic N) is 4. The van der Waals surface area contributed by atoms with Crippen molar-refractivity contribution in [2.75, 3.05) is 44.7 Å². The molecule has 2 atom stereocenters. The maximum atomic E-state index is 12.5. The van der Waals surface area contributed by atoms with Crippen molar-refractivity contribution in [1.29, 1.82) is 0 Å². The lowest BCUT2D eigenvalue weighted by atomic mass is 10.0. The van der Waals surface area contributed by atoms with Crippen molar-refractivity contribution in [3.63, 3.8) is 0 Å². The van der Waals surface area contributed by atoms with E-state index in [2.05, 4.69) is 30.1 Å². The Kier molecular flexibility index (Phi) is 6.37. The van der Waals surface area contributed by atoms with E-state index >= 15 is 0 Å². The third kappa shape index (κ3) is 4.63. The molecule has 3 aromatic rings. The first-order valence-corrected chi connectivity index (χ1v) is 11.5. The van der Waals surface area contributed by atoms with Crippen LogP contribution in [0, 0.1) is 0 Å². The minimum absolute atomic E-state index is 0.119. The van der Waals surface area contributed by atoms with Gasteiger partial charge in [0.25, 0.3) is 5.56 Å². The highest BCUT2D eigenvalue weighted by atomic mass is 16.5. The smallest absolute Gasteiger partial charge is 0.258 e. The summed E-state index contributed by atoms with van der Waals surface area (Å²) in [6.45, 7) is 4.14. The molecule has 3 N–H and O–H groups in total. The number of hydrogen-bond acceptors (Lipinski definition) is 8. The zero-order chi connectivity index (χ0) is 22.8. The quantitative estimate of drug-likeness (QED) is 0.503. The third-order valence-corrected chi connectivity index (χ3v) is 6.70. The van der Waals surface area contributed by atoms with E-state index in [1.54, 1.807) is 13.1 Å². The number of morpholine rings is 1. The van der Waals surface area contributed by atoms with Gasteiger partial charge in [-0.15, -0.1) is 0 Å². The fourth-order valence-corrected chi connectivity index (χ4v) is 4.81. The molecule has 0 bridgehead atoms. The summed E-state index contributed by atoms with van der Waals surface area (Å²) in [5, 5.41) is 13.2. The largest absolute Gasteiger partial charge is 0.373 e. The van der Waals surface area contributed by atoms with E-state index in [0.717, 1.165) is 44.7 Å². The molecule has 2 saturated heterocycles. The van der Waals surface area contributed by atoms with Crippen LogP contribution in [-0.4, -0.2) is 70.8 Å². The van der Waals surface area contributed by atoms with Gasteiger partial charge >= 0.3 is 0 Å². The Morgan fingerprint density at radius 3 is 2.76 bits per heavy atom. The molecule has 0 aliphatic carbocycles. The predicted molar refractivity (Wildman–Crippen MR) is 126 cm³/mol. The van der Waals surface area contributed by atoms with Gasteiger partial charge in [-0.3, -0.25) is 20.0 Å². The average molecular weight is 451 g/mol. The topological polar surface area (TPSA) is 107 Å². The van der Waals surface area contributed by atoms with Crippen LogP contribution in [0.5, 0.6) is 0 Å². The highest BCUT2D eigenvalue weighted by molar-refractivity contribution is 5.77. The Bertz CT molecular complexity index is 1140. The van der Waals surface area contributed by atoms with Gasteiger partial charge in [0.05, 0.1) is 35.1 Å². The van der Waals surface area contributed by atoms with Crippen LogP contribution in [-0.2, 0) is 4.74 Å². The highest BCUT2D eigenvalue weighted by Gasteiger charge is 2.31. The Morgan fingerprint density at radius 2 is 2.00 bits per heavy atom. The summed E-state index contributed by atoms with van der Waals surface area (Å²) in [5.41, 5.74) is 2.28. The minimum atomic E-state index is -0.744. The van der Waals surface area contributed by atoms with Crippen molar-refractivity contribution in [2.24, 2.45) is 0 Å². The van der Waals surface area contributed by atoms with Gasteiger partial charge in [0, 0.05) is 32.2 Å². The lowest BCUT2D eigenvalue weighted by Gasteiger charge is -2.42. The summed E-state index contributed by atoms with van der Waals surface area (Å²) in [5.74, 6) is 0.607. The van der Waals surface area contributed by atoms with Gasteiger partial charge in [-0.2, -0.15) is 0 Å². The number of benzene rings is 1. The highest BCUT2D eigenvalue weighted by Crippen LogP contribution is 2.27. The second kappa shape index (κ2) is 9.56. The molecule has 9 heteroatoms. The molecule has 5 rings (SSSR count). The zero-order valence-electron chi connectivity index (χ0n) is 18.8. The number of hydrogen-bond donors (Lipinski definition) is 3. The number of aliphatic hydroxyl groups is 1. The molecule has 33 heavy (non-hydrogen) atoms. The number of fused-ring (bicyclic) bond motifs is 1. The molecule has 2 aliphatic heterocycles. The van der Waals surface area contributed by atoms with Crippen molar-refractivity contribution in [1.82, 2.24) is 25.2 Å². The number of aromatic nitrogens is 3. The summed E-state index contributed by atoms with van der Waals surface area (Å²) < 4.78 is 6.00. The Hall–Kier alpha value is -2.85. The van der Waals surface area contributed by atoms with Gasteiger partial charge in [0.2, 0.25) is 0 Å². The van der Waals surface area contributed by atoms with E-state index in [-0.39, 0.29) is 11.7 Å². The first-order chi connectivity index (χ1) is 16.1. The van der Waals surface area contributed by atoms with Crippen LogP contribution in [0.2, 0.25) is 0 Å². The van der Waals surface area contributed by atoms with Crippen LogP contribution in [0.15, 0.2) is 47.4 Å². The summed E-state index contributed by atoms with van der Waals surface area (Å²) in [6.07, 6.45) is 2.96. The molecular formula is C24H30N6O3. The first-order valence-electron chi connectivity index (χ1n) is 11.5. The van der Waals surface area contributed by atoms with Crippen LogP contribution >= 0.6 is 0 Å². The number of pyridine rings is 1. The Labute approximate surface area is 192 Å². The Morgan fingerprint density at radius 1 is 1.18 bits per heavy atom. The predicted octanol–water partition coefficient (Wildman–Crippen LogP) is 1.57. The van der Waals surface area contributed by atoms with E-state index in [1.807, 2.05) is 36.5 Å². The molecule has 2 aliphatic rings. The second-order valence-electron chi connectivity index (χ2n) is 8.67. The second-order valence-corrected chi connectivity index (χ2v) is 8.67. The van der Waals surface area contributed by atoms with Gasteiger partial charge < -0.3 is 19.7 Å². The van der Waals surface area contributed by atoms with Crippen molar-refractivity contribution in [3.05, 3.63) is 64.5 Å². The van der Waals surface area contributed by atoms with E-state index in [1.165, 1.54) is 0 Å². The number of nitrogens with one attached hydrogen (secondary N) is 2. The number of aromatic amines is 1. The van der Waals surface area contributed by atoms with Crippen LogP contribution in [0.3, 0.4) is 0 Å². The standard InChI is InChI=1S/C24H30N6O3/c1-25-24(32)20-7-6-17(14-26-20)29-10-8-16(9-11-29)30-12-13-33-21(15-30)22-27-19-5-3-2-4-18(19)23(31)28-22/h2-7,14,16,21,24-25,32H,8-13,15H2,1H3,(H,27,28,31). The number of ether oxygens (including phenoxy) is 1. The fraction of sp³-hybridized carbons (Fsp3) is 0.458. The number of aliphatic hydroxyl groups excluding tert-OH is 1. The molecular weight excluding hydrogens is 420 g/mol. The number of rotatable bonds is 5. The summed E-state index contributed by atoms with van der Waals surface area (Å²) in [4.78, 5) is 29.3. The normalized spacial score (nSPS) is 21.4. The zero-order valence-corrected chi connectivity index (χ0v) is 18.8. The molecule has 9 nitrogen and oxygen atoms in total. The molecule has 2 unspecified atom stereocenters. The summed E-state index contributed by atoms with van der Waals surface area (Å²) >= 11 is 0. The maximum Gasteiger partial charge on any atom is 0.258 e. The lowest BCUT2D eigenvalue weighted by Crippen LogP contribution is -2.50. The van der Waals surface area contributed by atoms with Gasteiger partial charge in [-0.05, 0) is 44.2 Å². The van der Waals surface area contributed by atoms with Crippen molar-refractivity contribution < 1.29 is 9.84 Å². The number of anilines is 1. The number of piperidine rings is 1. The molecule has 1 aromatic carbocycles. The molecule has 2 fully saturated rings. The molecule has 0 saturated carbocycles. The molecule has 2 aromatic heterocycles. The van der Waals surface area contributed by atoms with E-state index in [4.69, 9.17) is 4.74 Å². The SMILES string of the molecule is CNC(O)c1ccc(N2CCC(N3CCOC(c4nc5ccccc5c(=O)[nH]4)C3)CC2)cn1. The average Bonchev–Trinajstić information content (AvgIpc) is 2.88. The molecule has 4 heterocycles. The van der Waals surface area contributed by atoms with E-state index in [9.17, 15) is 9.90 Å². The molecule has 174 valence electrons. The van der Waals surface area contributed by atoms with Crippen molar-refractivity contribution in [3.8, 4) is 0 Å². The Balaban J connectivity index is 1.22. The summed E-state index contributed by atoms with van der Waals surface area (Å²) in [7, 11) is 1.70. The maximum absolute atomic E-state index is 12.5. The van der Waals surface area contributed by atoms with Crippen LogP contribution < -0.4 is 15.8 Å². The van der Waals surface area contributed by atoms with Crippen LogP contribution in [0.25, 0.3) is 10.9 Å². The third-order valence-electron chi connectivity index (χ3n) is 6.70. The van der Waals surface area contributed by atoms with Gasteiger partial charge in [0.1, 0.15) is 18.2 Å². The number of para-hydroxylation sites is 1.